The topological polar surface area (TPSA) is 118 Å². The summed E-state index contributed by atoms with van der Waals surface area (Å²) in [6, 6.07) is 11.9. The zero-order valence-corrected chi connectivity index (χ0v) is 17.5. The van der Waals surface area contributed by atoms with E-state index < -0.39 is 20.9 Å². The summed E-state index contributed by atoms with van der Waals surface area (Å²) in [6.45, 7) is 2.48. The van der Waals surface area contributed by atoms with Crippen LogP contribution in [0.4, 0.5) is 11.4 Å². The number of nitrogens with one attached hydrogen (secondary N) is 2. The fraction of sp³-hybridized carbons (Fsp3) is 0.286. The quantitative estimate of drug-likeness (QED) is 0.240. The van der Waals surface area contributed by atoms with Crippen LogP contribution in [0, 0.1) is 10.1 Å². The van der Waals surface area contributed by atoms with Gasteiger partial charge >= 0.3 is 0 Å². The SMILES string of the molecule is CCCCCCNS(=O)(=O)c1ccc(NC(=O)C=Cc2ccccc2[N+](=O)[O-])cc1. The summed E-state index contributed by atoms with van der Waals surface area (Å²) in [5.74, 6) is -0.488. The van der Waals surface area contributed by atoms with Crippen LogP contribution in [0.5, 0.6) is 0 Å². The lowest BCUT2D eigenvalue weighted by atomic mass is 10.1. The highest BCUT2D eigenvalue weighted by atomic mass is 32.2. The van der Waals surface area contributed by atoms with E-state index in [0.29, 0.717) is 17.8 Å². The Hall–Kier alpha value is -3.04. The monoisotopic (exact) mass is 431 g/mol. The molecule has 0 saturated heterocycles. The van der Waals surface area contributed by atoms with Crippen molar-refractivity contribution in [3.05, 3.63) is 70.3 Å². The Bertz CT molecular complexity index is 1000. The molecule has 0 fully saturated rings. The molecule has 0 radical (unpaired) electrons. The largest absolute Gasteiger partial charge is 0.323 e. The highest BCUT2D eigenvalue weighted by Gasteiger charge is 2.13. The maximum atomic E-state index is 12.3. The number of nitro benzene ring substituents is 1. The summed E-state index contributed by atoms with van der Waals surface area (Å²) in [7, 11) is -3.59. The van der Waals surface area contributed by atoms with E-state index in [9.17, 15) is 23.3 Å². The number of nitro groups is 1. The third kappa shape index (κ3) is 7.09. The average Bonchev–Trinajstić information content (AvgIpc) is 2.72. The van der Waals surface area contributed by atoms with Crippen molar-refractivity contribution < 1.29 is 18.1 Å². The number of para-hydroxylation sites is 1. The molecule has 2 aromatic carbocycles. The molecular formula is C21H25N3O5S. The molecule has 0 atom stereocenters. The number of nitrogens with zero attached hydrogens (tertiary/aromatic N) is 1. The van der Waals surface area contributed by atoms with Gasteiger partial charge in [0, 0.05) is 24.4 Å². The second-order valence-electron chi connectivity index (χ2n) is 6.62. The molecule has 0 aliphatic carbocycles. The highest BCUT2D eigenvalue weighted by Crippen LogP contribution is 2.19. The van der Waals surface area contributed by atoms with Crippen LogP contribution < -0.4 is 10.0 Å². The van der Waals surface area contributed by atoms with Crippen LogP contribution in [0.3, 0.4) is 0 Å². The van der Waals surface area contributed by atoms with Gasteiger partial charge in [0.1, 0.15) is 0 Å². The standard InChI is InChI=1S/C21H25N3O5S/c1-2-3-4-7-16-22-30(28,29)19-13-11-18(12-14-19)23-21(25)15-10-17-8-5-6-9-20(17)24(26)27/h5-6,8-15,22H,2-4,7,16H2,1H3,(H,23,25). The molecule has 0 saturated carbocycles. The molecule has 9 heteroatoms. The van der Waals surface area contributed by atoms with Crippen molar-refractivity contribution in [2.45, 2.75) is 37.5 Å². The van der Waals surface area contributed by atoms with Crippen LogP contribution in [0.25, 0.3) is 6.08 Å². The van der Waals surface area contributed by atoms with Crippen molar-refractivity contribution in [2.75, 3.05) is 11.9 Å². The van der Waals surface area contributed by atoms with Gasteiger partial charge in [0.15, 0.2) is 0 Å². The summed E-state index contributed by atoms with van der Waals surface area (Å²) in [5, 5.41) is 13.6. The van der Waals surface area contributed by atoms with Crippen LogP contribution in [-0.4, -0.2) is 25.8 Å². The Morgan fingerprint density at radius 2 is 1.77 bits per heavy atom. The van der Waals surface area contributed by atoms with Gasteiger partial charge in [-0.25, -0.2) is 13.1 Å². The number of hydrogen-bond acceptors (Lipinski definition) is 5. The smallest absolute Gasteiger partial charge is 0.276 e. The van der Waals surface area contributed by atoms with Gasteiger partial charge < -0.3 is 5.32 Å². The zero-order chi connectivity index (χ0) is 22.0. The molecule has 0 spiro atoms. The van der Waals surface area contributed by atoms with Crippen molar-refractivity contribution in [3.63, 3.8) is 0 Å². The molecule has 2 N–H and O–H groups in total. The summed E-state index contributed by atoms with van der Waals surface area (Å²) >= 11 is 0. The van der Waals surface area contributed by atoms with Crippen molar-refractivity contribution in [3.8, 4) is 0 Å². The van der Waals surface area contributed by atoms with Crippen molar-refractivity contribution in [2.24, 2.45) is 0 Å². The minimum Gasteiger partial charge on any atom is -0.323 e. The zero-order valence-electron chi connectivity index (χ0n) is 16.7. The number of amides is 1. The van der Waals surface area contributed by atoms with Crippen molar-refractivity contribution in [1.82, 2.24) is 4.72 Å². The molecule has 30 heavy (non-hydrogen) atoms. The molecule has 0 unspecified atom stereocenters. The first-order valence-corrected chi connectivity index (χ1v) is 11.1. The number of hydrogen-bond donors (Lipinski definition) is 2. The summed E-state index contributed by atoms with van der Waals surface area (Å²) in [5.41, 5.74) is 0.622. The molecule has 160 valence electrons. The van der Waals surface area contributed by atoms with E-state index in [0.717, 1.165) is 25.7 Å². The lowest BCUT2D eigenvalue weighted by Crippen LogP contribution is -2.24. The lowest BCUT2D eigenvalue weighted by molar-refractivity contribution is -0.385. The van der Waals surface area contributed by atoms with Gasteiger partial charge in [0.25, 0.3) is 5.69 Å². The first-order valence-electron chi connectivity index (χ1n) is 9.65. The second kappa shape index (κ2) is 11.2. The maximum absolute atomic E-state index is 12.3. The molecule has 8 nitrogen and oxygen atoms in total. The Morgan fingerprint density at radius 3 is 2.43 bits per heavy atom. The highest BCUT2D eigenvalue weighted by molar-refractivity contribution is 7.89. The summed E-state index contributed by atoms with van der Waals surface area (Å²) < 4.78 is 27.1. The average molecular weight is 432 g/mol. The minimum atomic E-state index is -3.59. The van der Waals surface area contributed by atoms with E-state index in [1.165, 1.54) is 48.6 Å². The molecule has 0 aliphatic heterocycles. The van der Waals surface area contributed by atoms with Crippen LogP contribution in [0.1, 0.15) is 38.2 Å². The van der Waals surface area contributed by atoms with Crippen molar-refractivity contribution in [1.29, 1.82) is 0 Å². The lowest BCUT2D eigenvalue weighted by Gasteiger charge is -2.08. The third-order valence-electron chi connectivity index (χ3n) is 4.30. The number of sulfonamides is 1. The molecule has 0 bridgehead atoms. The maximum Gasteiger partial charge on any atom is 0.276 e. The van der Waals surface area contributed by atoms with Gasteiger partial charge in [-0.2, -0.15) is 0 Å². The Balaban J connectivity index is 1.95. The van der Waals surface area contributed by atoms with Gasteiger partial charge in [-0.1, -0.05) is 38.3 Å². The van der Waals surface area contributed by atoms with Gasteiger partial charge in [-0.05, 0) is 42.8 Å². The van der Waals surface area contributed by atoms with Gasteiger partial charge in [0.2, 0.25) is 15.9 Å². The number of benzene rings is 2. The van der Waals surface area contributed by atoms with E-state index in [1.54, 1.807) is 12.1 Å². The third-order valence-corrected chi connectivity index (χ3v) is 5.78. The fourth-order valence-corrected chi connectivity index (χ4v) is 3.78. The van der Waals surface area contributed by atoms with Gasteiger partial charge in [-0.15, -0.1) is 0 Å². The molecule has 1 amide bonds. The molecule has 2 rings (SSSR count). The van der Waals surface area contributed by atoms with E-state index in [-0.39, 0.29) is 10.6 Å². The molecule has 2 aromatic rings. The van der Waals surface area contributed by atoms with Gasteiger partial charge in [-0.3, -0.25) is 14.9 Å². The van der Waals surface area contributed by atoms with Crippen LogP contribution in [0.2, 0.25) is 0 Å². The normalized spacial score (nSPS) is 11.5. The summed E-state index contributed by atoms with van der Waals surface area (Å²) in [4.78, 5) is 22.7. The number of anilines is 1. The van der Waals surface area contributed by atoms with E-state index in [4.69, 9.17) is 0 Å². The number of rotatable bonds is 11. The molecule has 0 aliphatic rings. The predicted molar refractivity (Wildman–Crippen MR) is 117 cm³/mol. The Kier molecular flexibility index (Phi) is 8.70. The Morgan fingerprint density at radius 1 is 1.07 bits per heavy atom. The fourth-order valence-electron chi connectivity index (χ4n) is 2.70. The first-order chi connectivity index (χ1) is 14.3. The van der Waals surface area contributed by atoms with Crippen LogP contribution in [-0.2, 0) is 14.8 Å². The van der Waals surface area contributed by atoms with E-state index >= 15 is 0 Å². The van der Waals surface area contributed by atoms with Crippen LogP contribution in [0.15, 0.2) is 59.5 Å². The minimum absolute atomic E-state index is 0.0988. The van der Waals surface area contributed by atoms with E-state index in [1.807, 2.05) is 0 Å². The first kappa shape index (κ1) is 23.2. The Labute approximate surface area is 176 Å². The number of carbonyl (C=O) groups is 1. The summed E-state index contributed by atoms with van der Waals surface area (Å²) in [6.07, 6.45) is 6.45. The molecule has 0 heterocycles. The number of unbranched alkanes of at least 4 members (excludes halogenated alkanes) is 3. The molecular weight excluding hydrogens is 406 g/mol. The van der Waals surface area contributed by atoms with E-state index in [2.05, 4.69) is 17.0 Å². The van der Waals surface area contributed by atoms with Gasteiger partial charge in [0.05, 0.1) is 15.4 Å². The molecule has 0 aromatic heterocycles. The van der Waals surface area contributed by atoms with Crippen LogP contribution >= 0.6 is 0 Å². The second-order valence-corrected chi connectivity index (χ2v) is 8.39. The number of carbonyl (C=O) groups excluding carboxylic acids is 1. The van der Waals surface area contributed by atoms with Crippen molar-refractivity contribution >= 4 is 33.4 Å². The predicted octanol–water partition coefficient (Wildman–Crippen LogP) is 4.11.